The van der Waals surface area contributed by atoms with E-state index < -0.39 is 4.92 Å². The Morgan fingerprint density at radius 1 is 1.33 bits per heavy atom. The minimum atomic E-state index is -0.391. The summed E-state index contributed by atoms with van der Waals surface area (Å²) in [6, 6.07) is 6.59. The third kappa shape index (κ3) is 2.68. The molecular formula is C14H12N4O2S. The number of anilines is 1. The number of nitro groups is 1. The second-order valence-corrected chi connectivity index (χ2v) is 5.83. The fourth-order valence-electron chi connectivity index (χ4n) is 2.11. The molecule has 2 aromatic heterocycles. The Labute approximate surface area is 124 Å². The number of non-ortho nitro benzene ring substituents is 1. The van der Waals surface area contributed by atoms with Crippen molar-refractivity contribution < 1.29 is 4.92 Å². The van der Waals surface area contributed by atoms with Crippen molar-refractivity contribution in [1.29, 1.82) is 0 Å². The zero-order chi connectivity index (χ0) is 14.8. The highest BCUT2D eigenvalue weighted by molar-refractivity contribution is 7.11. The van der Waals surface area contributed by atoms with Crippen LogP contribution in [0.2, 0.25) is 0 Å². The van der Waals surface area contributed by atoms with Crippen LogP contribution in [0.3, 0.4) is 0 Å². The third-order valence-electron chi connectivity index (χ3n) is 3.04. The second kappa shape index (κ2) is 5.45. The van der Waals surface area contributed by atoms with Crippen molar-refractivity contribution >= 4 is 33.6 Å². The summed E-state index contributed by atoms with van der Waals surface area (Å²) in [5.74, 6) is 0. The lowest BCUT2D eigenvalue weighted by Crippen LogP contribution is -2.01. The first-order chi connectivity index (χ1) is 10.1. The van der Waals surface area contributed by atoms with E-state index in [1.165, 1.54) is 6.07 Å². The van der Waals surface area contributed by atoms with Gasteiger partial charge in [0.05, 0.1) is 22.5 Å². The first-order valence-electron chi connectivity index (χ1n) is 6.32. The zero-order valence-electron chi connectivity index (χ0n) is 11.2. The van der Waals surface area contributed by atoms with Gasteiger partial charge in [-0.05, 0) is 25.1 Å². The van der Waals surface area contributed by atoms with Crippen molar-refractivity contribution in [3.63, 3.8) is 0 Å². The number of hydrogen-bond acceptors (Lipinski definition) is 6. The number of benzene rings is 1. The van der Waals surface area contributed by atoms with Gasteiger partial charge in [0, 0.05) is 23.3 Å². The van der Waals surface area contributed by atoms with Crippen LogP contribution in [0.5, 0.6) is 0 Å². The molecule has 2 heterocycles. The summed E-state index contributed by atoms with van der Waals surface area (Å²) in [5, 5.41) is 15.8. The quantitative estimate of drug-likeness (QED) is 0.589. The lowest BCUT2D eigenvalue weighted by molar-refractivity contribution is -0.383. The van der Waals surface area contributed by atoms with E-state index >= 15 is 0 Å². The molecule has 0 radical (unpaired) electrons. The maximum Gasteiger partial charge on any atom is 0.278 e. The van der Waals surface area contributed by atoms with Crippen molar-refractivity contribution in [2.45, 2.75) is 13.5 Å². The third-order valence-corrected chi connectivity index (χ3v) is 3.96. The van der Waals surface area contributed by atoms with Gasteiger partial charge in [-0.2, -0.15) is 0 Å². The van der Waals surface area contributed by atoms with Crippen molar-refractivity contribution in [3.05, 3.63) is 56.7 Å². The largest absolute Gasteiger partial charge is 0.377 e. The number of aromatic nitrogens is 2. The molecule has 21 heavy (non-hydrogen) atoms. The molecule has 0 aliphatic heterocycles. The van der Waals surface area contributed by atoms with Gasteiger partial charge in [0.25, 0.3) is 5.69 Å². The number of rotatable bonds is 4. The second-order valence-electron chi connectivity index (χ2n) is 4.51. The summed E-state index contributed by atoms with van der Waals surface area (Å²) in [5.41, 5.74) is 1.43. The fourth-order valence-corrected chi connectivity index (χ4v) is 2.84. The van der Waals surface area contributed by atoms with E-state index in [9.17, 15) is 10.1 Å². The van der Waals surface area contributed by atoms with Crippen LogP contribution in [0, 0.1) is 17.0 Å². The summed E-state index contributed by atoms with van der Waals surface area (Å²) in [6.45, 7) is 2.58. The molecule has 0 saturated carbocycles. The molecule has 0 bridgehead atoms. The van der Waals surface area contributed by atoms with Gasteiger partial charge in [-0.1, -0.05) is 0 Å². The van der Waals surface area contributed by atoms with Gasteiger partial charge < -0.3 is 5.32 Å². The van der Waals surface area contributed by atoms with Crippen molar-refractivity contribution in [2.75, 3.05) is 5.32 Å². The highest BCUT2D eigenvalue weighted by atomic mass is 32.1. The van der Waals surface area contributed by atoms with Crippen LogP contribution in [0.1, 0.15) is 9.88 Å². The lowest BCUT2D eigenvalue weighted by atomic mass is 10.1. The molecule has 1 N–H and O–H groups in total. The lowest BCUT2D eigenvalue weighted by Gasteiger charge is -2.08. The van der Waals surface area contributed by atoms with Crippen molar-refractivity contribution in [3.8, 4) is 0 Å². The Morgan fingerprint density at radius 3 is 2.90 bits per heavy atom. The predicted octanol–water partition coefficient (Wildman–Crippen LogP) is 3.52. The fraction of sp³-hybridized carbons (Fsp3) is 0.143. The Morgan fingerprint density at radius 2 is 2.19 bits per heavy atom. The number of pyridine rings is 1. The maximum absolute atomic E-state index is 11.1. The summed E-state index contributed by atoms with van der Waals surface area (Å²) < 4.78 is 0. The molecule has 0 aliphatic rings. The number of nitrogens with zero attached hydrogens (tertiary/aromatic N) is 3. The van der Waals surface area contributed by atoms with Crippen LogP contribution in [0.25, 0.3) is 10.9 Å². The van der Waals surface area contributed by atoms with Crippen LogP contribution in [-0.2, 0) is 6.54 Å². The topological polar surface area (TPSA) is 81.0 Å². The molecule has 0 amide bonds. The first kappa shape index (κ1) is 13.4. The summed E-state index contributed by atoms with van der Waals surface area (Å²) in [6.07, 6.45) is 3.46. The van der Waals surface area contributed by atoms with Gasteiger partial charge in [0.15, 0.2) is 0 Å². The minimum absolute atomic E-state index is 0.0637. The number of aryl methyl sites for hydroxylation is 1. The summed E-state index contributed by atoms with van der Waals surface area (Å²) in [4.78, 5) is 20.4. The average Bonchev–Trinajstić information content (AvgIpc) is 2.90. The maximum atomic E-state index is 11.1. The predicted molar refractivity (Wildman–Crippen MR) is 82.6 cm³/mol. The van der Waals surface area contributed by atoms with E-state index in [0.717, 1.165) is 15.6 Å². The number of hydrogen-bond donors (Lipinski definition) is 1. The normalized spacial score (nSPS) is 10.7. The summed E-state index contributed by atoms with van der Waals surface area (Å²) >= 11 is 1.62. The van der Waals surface area contributed by atoms with Crippen molar-refractivity contribution in [1.82, 2.24) is 9.97 Å². The SMILES string of the molecule is Cc1cnc(CNc2ccc([N+](=O)[O-])c3cccnc23)s1. The highest BCUT2D eigenvalue weighted by Crippen LogP contribution is 2.30. The zero-order valence-corrected chi connectivity index (χ0v) is 12.1. The smallest absolute Gasteiger partial charge is 0.278 e. The van der Waals surface area contributed by atoms with Gasteiger partial charge in [0.1, 0.15) is 10.5 Å². The van der Waals surface area contributed by atoms with E-state index in [-0.39, 0.29) is 5.69 Å². The number of thiazole rings is 1. The number of nitrogens with one attached hydrogen (secondary N) is 1. The molecule has 0 unspecified atom stereocenters. The van der Waals surface area contributed by atoms with Crippen LogP contribution >= 0.6 is 11.3 Å². The molecule has 0 spiro atoms. The number of nitro benzene ring substituents is 1. The van der Waals surface area contributed by atoms with Gasteiger partial charge in [-0.3, -0.25) is 15.1 Å². The Kier molecular flexibility index (Phi) is 3.49. The van der Waals surface area contributed by atoms with Crippen molar-refractivity contribution in [2.24, 2.45) is 0 Å². The van der Waals surface area contributed by atoms with Gasteiger partial charge >= 0.3 is 0 Å². The molecule has 0 fully saturated rings. The Hall–Kier alpha value is -2.54. The molecule has 106 valence electrons. The van der Waals surface area contributed by atoms with E-state index in [2.05, 4.69) is 15.3 Å². The molecule has 3 aromatic rings. The molecule has 7 heteroatoms. The Balaban J connectivity index is 1.96. The molecule has 6 nitrogen and oxygen atoms in total. The van der Waals surface area contributed by atoms with Crippen LogP contribution in [0.15, 0.2) is 36.7 Å². The van der Waals surface area contributed by atoms with Crippen LogP contribution in [0.4, 0.5) is 11.4 Å². The highest BCUT2D eigenvalue weighted by Gasteiger charge is 2.14. The minimum Gasteiger partial charge on any atom is -0.377 e. The van der Waals surface area contributed by atoms with Gasteiger partial charge in [-0.25, -0.2) is 4.98 Å². The van der Waals surface area contributed by atoms with Gasteiger partial charge in [-0.15, -0.1) is 11.3 Å². The van der Waals surface area contributed by atoms with E-state index in [1.807, 2.05) is 13.1 Å². The van der Waals surface area contributed by atoms with E-state index in [4.69, 9.17) is 0 Å². The van der Waals surface area contributed by atoms with Crippen LogP contribution < -0.4 is 5.32 Å². The number of fused-ring (bicyclic) bond motifs is 1. The van der Waals surface area contributed by atoms with E-state index in [0.29, 0.717) is 17.4 Å². The molecule has 0 aliphatic carbocycles. The average molecular weight is 300 g/mol. The molecule has 0 saturated heterocycles. The monoisotopic (exact) mass is 300 g/mol. The Bertz CT molecular complexity index is 816. The molecule has 1 aromatic carbocycles. The van der Waals surface area contributed by atoms with E-state index in [1.54, 1.807) is 35.7 Å². The first-order valence-corrected chi connectivity index (χ1v) is 7.14. The van der Waals surface area contributed by atoms with Crippen LogP contribution in [-0.4, -0.2) is 14.9 Å². The van der Waals surface area contributed by atoms with Gasteiger partial charge in [0.2, 0.25) is 0 Å². The molecule has 3 rings (SSSR count). The molecular weight excluding hydrogens is 288 g/mol. The molecule has 0 atom stereocenters. The standard InChI is InChI=1S/C14H12N4O2S/c1-9-7-17-13(21-9)8-16-11-4-5-12(18(19)20)10-3-2-6-15-14(10)11/h2-7,16H,8H2,1H3. The summed E-state index contributed by atoms with van der Waals surface area (Å²) in [7, 11) is 0.